The van der Waals surface area contributed by atoms with Crippen LogP contribution in [-0.2, 0) is 21.6 Å². The molecule has 0 amide bonds. The number of fused-ring (bicyclic) bond motifs is 3. The minimum Gasteiger partial charge on any atom is -0.365 e. The van der Waals surface area contributed by atoms with Gasteiger partial charge in [-0.3, -0.25) is 4.31 Å². The van der Waals surface area contributed by atoms with E-state index in [0.717, 1.165) is 30.5 Å². The summed E-state index contributed by atoms with van der Waals surface area (Å²) in [6, 6.07) is 9.97. The lowest BCUT2D eigenvalue weighted by molar-refractivity contribution is -0.137. The van der Waals surface area contributed by atoms with E-state index in [2.05, 4.69) is 0 Å². The second-order valence-corrected chi connectivity index (χ2v) is 10.9. The summed E-state index contributed by atoms with van der Waals surface area (Å²) in [4.78, 5) is 2.06. The molecule has 4 rings (SSSR count). The van der Waals surface area contributed by atoms with Gasteiger partial charge in [-0.15, -0.1) is 0 Å². The van der Waals surface area contributed by atoms with Crippen LogP contribution < -0.4 is 9.21 Å². The molecule has 0 radical (unpaired) electrons. The molecular formula is C22H25F3N2O2S. The summed E-state index contributed by atoms with van der Waals surface area (Å²) in [6.07, 6.45) is -2.90. The first-order valence-electron chi connectivity index (χ1n) is 10.0. The third-order valence-corrected chi connectivity index (χ3v) is 7.74. The van der Waals surface area contributed by atoms with Gasteiger partial charge in [0.2, 0.25) is 0 Å². The first kappa shape index (κ1) is 21.0. The van der Waals surface area contributed by atoms with E-state index in [1.54, 1.807) is 24.3 Å². The zero-order valence-electron chi connectivity index (χ0n) is 17.2. The van der Waals surface area contributed by atoms with E-state index in [9.17, 15) is 21.6 Å². The van der Waals surface area contributed by atoms with Crippen molar-refractivity contribution in [3.8, 4) is 0 Å². The van der Waals surface area contributed by atoms with Crippen LogP contribution in [0.25, 0.3) is 0 Å². The van der Waals surface area contributed by atoms with Crippen LogP contribution >= 0.6 is 0 Å². The predicted octanol–water partition coefficient (Wildman–Crippen LogP) is 5.18. The zero-order chi connectivity index (χ0) is 21.9. The van der Waals surface area contributed by atoms with Crippen molar-refractivity contribution in [2.45, 2.75) is 56.1 Å². The number of hydrogen-bond acceptors (Lipinski definition) is 3. The van der Waals surface area contributed by atoms with Gasteiger partial charge < -0.3 is 4.90 Å². The van der Waals surface area contributed by atoms with E-state index in [1.807, 2.05) is 25.7 Å². The van der Waals surface area contributed by atoms with Gasteiger partial charge in [-0.2, -0.15) is 13.2 Å². The lowest BCUT2D eigenvalue weighted by Gasteiger charge is -2.40. The van der Waals surface area contributed by atoms with Gasteiger partial charge in [-0.25, -0.2) is 8.42 Å². The Labute approximate surface area is 175 Å². The summed E-state index contributed by atoms with van der Waals surface area (Å²) < 4.78 is 68.1. The Bertz CT molecular complexity index is 1060. The number of nitrogens with zero attached hydrogens (tertiary/aromatic N) is 2. The number of anilines is 2. The van der Waals surface area contributed by atoms with Gasteiger partial charge in [0.05, 0.1) is 28.4 Å². The number of rotatable bonds is 2. The quantitative estimate of drug-likeness (QED) is 0.649. The molecule has 2 aromatic carbocycles. The predicted molar refractivity (Wildman–Crippen MR) is 111 cm³/mol. The van der Waals surface area contributed by atoms with E-state index < -0.39 is 21.8 Å². The summed E-state index contributed by atoms with van der Waals surface area (Å²) in [5.41, 5.74) is 0.783. The van der Waals surface area contributed by atoms with Gasteiger partial charge >= 0.3 is 6.18 Å². The summed E-state index contributed by atoms with van der Waals surface area (Å²) in [5, 5.41) is 0. The normalized spacial score (nSPS) is 19.6. The van der Waals surface area contributed by atoms with Crippen LogP contribution in [0, 0.1) is 0 Å². The molecule has 162 valence electrons. The van der Waals surface area contributed by atoms with Gasteiger partial charge in [0.1, 0.15) is 0 Å². The van der Waals surface area contributed by atoms with Crippen LogP contribution in [0.2, 0.25) is 0 Å². The fraction of sp³-hybridized carbons (Fsp3) is 0.455. The molecule has 1 saturated heterocycles. The highest BCUT2D eigenvalue weighted by atomic mass is 32.2. The van der Waals surface area contributed by atoms with Crippen molar-refractivity contribution in [3.63, 3.8) is 0 Å². The molecule has 0 spiro atoms. The molecule has 0 saturated carbocycles. The third-order valence-electron chi connectivity index (χ3n) is 5.94. The van der Waals surface area contributed by atoms with Gasteiger partial charge in [0, 0.05) is 12.6 Å². The largest absolute Gasteiger partial charge is 0.416 e. The molecule has 0 unspecified atom stereocenters. The maximum atomic E-state index is 13.5. The fourth-order valence-electron chi connectivity index (χ4n) is 4.25. The molecule has 8 heteroatoms. The summed E-state index contributed by atoms with van der Waals surface area (Å²) in [6.45, 7) is 7.01. The van der Waals surface area contributed by atoms with Crippen molar-refractivity contribution in [1.82, 2.24) is 0 Å². The maximum Gasteiger partial charge on any atom is 0.416 e. The van der Waals surface area contributed by atoms with E-state index in [1.165, 1.54) is 10.4 Å². The molecule has 2 aliphatic heterocycles. The van der Waals surface area contributed by atoms with Crippen molar-refractivity contribution in [1.29, 1.82) is 0 Å². The van der Waals surface area contributed by atoms with Crippen LogP contribution in [-0.4, -0.2) is 27.5 Å². The number of benzene rings is 2. The molecule has 4 nitrogen and oxygen atoms in total. The second kappa shape index (κ2) is 6.90. The highest BCUT2D eigenvalue weighted by Crippen LogP contribution is 2.44. The molecule has 0 aliphatic carbocycles. The fourth-order valence-corrected chi connectivity index (χ4v) is 5.77. The topological polar surface area (TPSA) is 40.6 Å². The highest BCUT2D eigenvalue weighted by molar-refractivity contribution is 7.92. The van der Waals surface area contributed by atoms with Crippen LogP contribution in [0.4, 0.5) is 24.5 Å². The third kappa shape index (κ3) is 3.55. The van der Waals surface area contributed by atoms with Crippen molar-refractivity contribution in [3.05, 3.63) is 53.6 Å². The SMILES string of the molecule is CC(C)(C)c1ccc(S(=O)(=O)N2C[C@@H]3CCCN3c3cc(C(F)(F)F)ccc32)cc1. The molecule has 1 atom stereocenters. The van der Waals surface area contributed by atoms with Gasteiger partial charge in [-0.1, -0.05) is 32.9 Å². The highest BCUT2D eigenvalue weighted by Gasteiger charge is 2.41. The monoisotopic (exact) mass is 438 g/mol. The van der Waals surface area contributed by atoms with Crippen molar-refractivity contribution in [2.75, 3.05) is 22.3 Å². The Morgan fingerprint density at radius 3 is 2.17 bits per heavy atom. The van der Waals surface area contributed by atoms with Crippen molar-refractivity contribution >= 4 is 21.4 Å². The Morgan fingerprint density at radius 1 is 0.933 bits per heavy atom. The van der Waals surface area contributed by atoms with Gasteiger partial charge in [-0.05, 0) is 54.2 Å². The van der Waals surface area contributed by atoms with Gasteiger partial charge in [0.15, 0.2) is 0 Å². The molecule has 0 aromatic heterocycles. The maximum absolute atomic E-state index is 13.5. The van der Waals surface area contributed by atoms with Crippen LogP contribution in [0.1, 0.15) is 44.7 Å². The zero-order valence-corrected chi connectivity index (χ0v) is 18.0. The Kier molecular flexibility index (Phi) is 4.84. The molecule has 2 heterocycles. The first-order chi connectivity index (χ1) is 13.9. The van der Waals surface area contributed by atoms with Crippen LogP contribution in [0.3, 0.4) is 0 Å². The molecule has 2 aliphatic rings. The molecular weight excluding hydrogens is 413 g/mol. The Hall–Kier alpha value is -2.22. The van der Waals surface area contributed by atoms with E-state index >= 15 is 0 Å². The molecule has 0 N–H and O–H groups in total. The van der Waals surface area contributed by atoms with Crippen LogP contribution in [0.15, 0.2) is 47.4 Å². The Balaban J connectivity index is 1.79. The lowest BCUT2D eigenvalue weighted by Crippen LogP contribution is -2.48. The van der Waals surface area contributed by atoms with Crippen molar-refractivity contribution < 1.29 is 21.6 Å². The summed E-state index contributed by atoms with van der Waals surface area (Å²) in [7, 11) is -3.90. The van der Waals surface area contributed by atoms with Gasteiger partial charge in [0.25, 0.3) is 10.0 Å². The lowest BCUT2D eigenvalue weighted by atomic mass is 9.87. The molecule has 30 heavy (non-hydrogen) atoms. The number of sulfonamides is 1. The van der Waals surface area contributed by atoms with E-state index in [0.29, 0.717) is 17.9 Å². The smallest absolute Gasteiger partial charge is 0.365 e. The van der Waals surface area contributed by atoms with E-state index in [-0.39, 0.29) is 22.9 Å². The first-order valence-corrected chi connectivity index (χ1v) is 11.4. The second-order valence-electron chi connectivity index (χ2n) is 9.00. The Morgan fingerprint density at radius 2 is 1.57 bits per heavy atom. The average molecular weight is 439 g/mol. The minimum atomic E-state index is -4.48. The number of halogens is 3. The molecule has 2 aromatic rings. The summed E-state index contributed by atoms with van der Waals surface area (Å²) in [5.74, 6) is 0. The standard InChI is InChI=1S/C22H25F3N2O2S/c1-21(2,3)15-6-9-18(10-7-15)30(28,29)27-14-17-5-4-12-26(17)20-13-16(22(23,24)25)8-11-19(20)27/h6-11,13,17H,4-5,12,14H2,1-3H3/t17-/m0/s1. The van der Waals surface area contributed by atoms with E-state index in [4.69, 9.17) is 0 Å². The van der Waals surface area contributed by atoms with Crippen LogP contribution in [0.5, 0.6) is 0 Å². The number of hydrogen-bond donors (Lipinski definition) is 0. The molecule has 1 fully saturated rings. The summed E-state index contributed by atoms with van der Waals surface area (Å²) >= 11 is 0. The minimum absolute atomic E-state index is 0.113. The molecule has 0 bridgehead atoms. The van der Waals surface area contributed by atoms with Crippen molar-refractivity contribution in [2.24, 2.45) is 0 Å². The average Bonchev–Trinajstić information content (AvgIpc) is 3.14. The number of alkyl halides is 3.